The van der Waals surface area contributed by atoms with E-state index < -0.39 is 0 Å². The smallest absolute Gasteiger partial charge is 0.223 e. The number of primary amides is 1. The van der Waals surface area contributed by atoms with Gasteiger partial charge >= 0.3 is 0 Å². The maximum absolute atomic E-state index is 11.9. The summed E-state index contributed by atoms with van der Waals surface area (Å²) in [5.41, 5.74) is 7.40. The van der Waals surface area contributed by atoms with E-state index in [0.717, 1.165) is 22.9 Å². The first-order valence-electron chi connectivity index (χ1n) is 7.05. The van der Waals surface area contributed by atoms with Gasteiger partial charge in [0, 0.05) is 31.1 Å². The van der Waals surface area contributed by atoms with E-state index >= 15 is 0 Å². The van der Waals surface area contributed by atoms with Crippen LogP contribution in [0, 0.1) is 5.92 Å². The molecular weight excluding hydrogens is 266 g/mol. The number of hydrogen-bond donors (Lipinski definition) is 1. The third kappa shape index (κ3) is 2.72. The highest BCUT2D eigenvalue weighted by molar-refractivity contribution is 5.88. The second-order valence-corrected chi connectivity index (χ2v) is 5.38. The summed E-state index contributed by atoms with van der Waals surface area (Å²) in [5.74, 6) is -0.718. The van der Waals surface area contributed by atoms with E-state index in [0.29, 0.717) is 13.1 Å². The van der Waals surface area contributed by atoms with Crippen molar-refractivity contribution in [3.8, 4) is 0 Å². The minimum absolute atomic E-state index is 0.0113. The van der Waals surface area contributed by atoms with Gasteiger partial charge in [0.25, 0.3) is 0 Å². The molecule has 2 aromatic rings. The number of hydrogen-bond acceptors (Lipinski definition) is 3. The Kier molecular flexibility index (Phi) is 3.56. The average Bonchev–Trinajstić information content (AvgIpc) is 2.86. The van der Waals surface area contributed by atoms with E-state index in [1.807, 2.05) is 24.3 Å². The first-order valence-corrected chi connectivity index (χ1v) is 7.05. The molecule has 0 aliphatic carbocycles. The molecule has 21 heavy (non-hydrogen) atoms. The van der Waals surface area contributed by atoms with E-state index in [1.54, 1.807) is 11.1 Å². The van der Waals surface area contributed by atoms with Crippen LogP contribution in [0.2, 0.25) is 0 Å². The van der Waals surface area contributed by atoms with Gasteiger partial charge < -0.3 is 10.6 Å². The molecular formula is C16H17N3O2. The number of pyridine rings is 1. The fraction of sp³-hybridized carbons (Fsp3) is 0.312. The highest BCUT2D eigenvalue weighted by atomic mass is 16.2. The molecule has 1 aromatic carbocycles. The Labute approximate surface area is 122 Å². The summed E-state index contributed by atoms with van der Waals surface area (Å²) >= 11 is 0. The molecule has 2 amide bonds. The van der Waals surface area contributed by atoms with E-state index in [4.69, 9.17) is 5.73 Å². The Morgan fingerprint density at radius 2 is 2.19 bits per heavy atom. The summed E-state index contributed by atoms with van der Waals surface area (Å²) in [4.78, 5) is 29.1. The van der Waals surface area contributed by atoms with Crippen LogP contribution in [-0.2, 0) is 16.0 Å². The Morgan fingerprint density at radius 1 is 1.33 bits per heavy atom. The zero-order chi connectivity index (χ0) is 14.8. The second-order valence-electron chi connectivity index (χ2n) is 5.38. The highest BCUT2D eigenvalue weighted by Crippen LogP contribution is 2.20. The van der Waals surface area contributed by atoms with Crippen LogP contribution in [0.15, 0.2) is 36.5 Å². The molecule has 0 bridgehead atoms. The van der Waals surface area contributed by atoms with E-state index in [-0.39, 0.29) is 24.2 Å². The third-order valence-corrected chi connectivity index (χ3v) is 4.00. The zero-order valence-electron chi connectivity index (χ0n) is 11.7. The molecule has 0 saturated carbocycles. The number of likely N-dealkylation sites (tertiary alicyclic amines) is 1. The van der Waals surface area contributed by atoms with Gasteiger partial charge in [0.1, 0.15) is 0 Å². The SMILES string of the molecule is NC(=O)C1CC(=O)N(CCc2cccc3ncccc23)C1. The number of carbonyl (C=O) groups is 2. The van der Waals surface area contributed by atoms with Gasteiger partial charge in [-0.2, -0.15) is 0 Å². The summed E-state index contributed by atoms with van der Waals surface area (Å²) in [6.45, 7) is 1.05. The van der Waals surface area contributed by atoms with Crippen molar-refractivity contribution in [3.05, 3.63) is 42.1 Å². The zero-order valence-corrected chi connectivity index (χ0v) is 11.7. The number of benzene rings is 1. The van der Waals surface area contributed by atoms with Crippen molar-refractivity contribution in [1.82, 2.24) is 9.88 Å². The number of carbonyl (C=O) groups excluding carboxylic acids is 2. The summed E-state index contributed by atoms with van der Waals surface area (Å²) in [6.07, 6.45) is 2.76. The lowest BCUT2D eigenvalue weighted by Crippen LogP contribution is -2.30. The van der Waals surface area contributed by atoms with Gasteiger partial charge in [0.15, 0.2) is 0 Å². The van der Waals surface area contributed by atoms with E-state index in [9.17, 15) is 9.59 Å². The predicted molar refractivity (Wildman–Crippen MR) is 79.3 cm³/mol. The molecule has 1 aromatic heterocycles. The minimum atomic E-state index is -0.389. The maximum atomic E-state index is 11.9. The quantitative estimate of drug-likeness (QED) is 0.913. The molecule has 0 radical (unpaired) electrons. The van der Waals surface area contributed by atoms with Crippen molar-refractivity contribution in [2.75, 3.05) is 13.1 Å². The number of aromatic nitrogens is 1. The van der Waals surface area contributed by atoms with Crippen molar-refractivity contribution >= 4 is 22.7 Å². The van der Waals surface area contributed by atoms with Crippen LogP contribution in [0.4, 0.5) is 0 Å². The van der Waals surface area contributed by atoms with Crippen molar-refractivity contribution in [2.45, 2.75) is 12.8 Å². The summed E-state index contributed by atoms with van der Waals surface area (Å²) in [6, 6.07) is 9.95. The summed E-state index contributed by atoms with van der Waals surface area (Å²) in [7, 11) is 0. The van der Waals surface area contributed by atoms with Crippen LogP contribution in [0.1, 0.15) is 12.0 Å². The van der Waals surface area contributed by atoms with Crippen molar-refractivity contribution in [3.63, 3.8) is 0 Å². The molecule has 1 saturated heterocycles. The highest BCUT2D eigenvalue weighted by Gasteiger charge is 2.32. The molecule has 1 aliphatic heterocycles. The molecule has 1 aliphatic rings. The van der Waals surface area contributed by atoms with Gasteiger partial charge in [-0.25, -0.2) is 0 Å². The third-order valence-electron chi connectivity index (χ3n) is 4.00. The minimum Gasteiger partial charge on any atom is -0.369 e. The average molecular weight is 283 g/mol. The predicted octanol–water partition coefficient (Wildman–Crippen LogP) is 1.11. The fourth-order valence-corrected chi connectivity index (χ4v) is 2.82. The molecule has 1 unspecified atom stereocenters. The lowest BCUT2D eigenvalue weighted by molar-refractivity contribution is -0.128. The number of nitrogens with zero attached hydrogens (tertiary/aromatic N) is 2. The van der Waals surface area contributed by atoms with Crippen LogP contribution in [-0.4, -0.2) is 34.8 Å². The molecule has 1 atom stereocenters. The fourth-order valence-electron chi connectivity index (χ4n) is 2.82. The number of nitrogens with two attached hydrogens (primary N) is 1. The first kappa shape index (κ1) is 13.5. The maximum Gasteiger partial charge on any atom is 0.223 e. The van der Waals surface area contributed by atoms with Crippen LogP contribution >= 0.6 is 0 Å². The number of fused-ring (bicyclic) bond motifs is 1. The summed E-state index contributed by atoms with van der Waals surface area (Å²) < 4.78 is 0. The standard InChI is InChI=1S/C16H17N3O2/c17-16(21)12-9-15(20)19(10-12)8-6-11-3-1-5-14-13(11)4-2-7-18-14/h1-5,7,12H,6,8-10H2,(H2,17,21). The van der Waals surface area contributed by atoms with E-state index in [2.05, 4.69) is 11.1 Å². The topological polar surface area (TPSA) is 76.3 Å². The molecule has 5 heteroatoms. The van der Waals surface area contributed by atoms with Gasteiger partial charge in [-0.15, -0.1) is 0 Å². The van der Waals surface area contributed by atoms with E-state index in [1.165, 1.54) is 0 Å². The molecule has 2 heterocycles. The number of rotatable bonds is 4. The van der Waals surface area contributed by atoms with Crippen LogP contribution < -0.4 is 5.73 Å². The molecule has 108 valence electrons. The van der Waals surface area contributed by atoms with Crippen molar-refractivity contribution < 1.29 is 9.59 Å². The Hall–Kier alpha value is -2.43. The van der Waals surface area contributed by atoms with Crippen LogP contribution in [0.5, 0.6) is 0 Å². The first-order chi connectivity index (χ1) is 10.1. The van der Waals surface area contributed by atoms with Gasteiger partial charge in [-0.05, 0) is 24.1 Å². The molecule has 3 rings (SSSR count). The van der Waals surface area contributed by atoms with Crippen molar-refractivity contribution in [2.24, 2.45) is 11.7 Å². The normalized spacial score (nSPS) is 18.4. The summed E-state index contributed by atoms with van der Waals surface area (Å²) in [5, 5.41) is 1.11. The van der Waals surface area contributed by atoms with Crippen molar-refractivity contribution in [1.29, 1.82) is 0 Å². The Balaban J connectivity index is 1.73. The van der Waals surface area contributed by atoms with Crippen LogP contribution in [0.3, 0.4) is 0 Å². The Morgan fingerprint density at radius 3 is 2.95 bits per heavy atom. The second kappa shape index (κ2) is 5.52. The Bertz CT molecular complexity index is 693. The van der Waals surface area contributed by atoms with Crippen LogP contribution in [0.25, 0.3) is 10.9 Å². The molecule has 0 spiro atoms. The van der Waals surface area contributed by atoms with Gasteiger partial charge in [0.05, 0.1) is 11.4 Å². The number of amides is 2. The van der Waals surface area contributed by atoms with Gasteiger partial charge in [0.2, 0.25) is 11.8 Å². The largest absolute Gasteiger partial charge is 0.369 e. The van der Waals surface area contributed by atoms with Gasteiger partial charge in [-0.1, -0.05) is 18.2 Å². The van der Waals surface area contributed by atoms with Gasteiger partial charge in [-0.3, -0.25) is 14.6 Å². The monoisotopic (exact) mass is 283 g/mol. The lowest BCUT2D eigenvalue weighted by atomic mass is 10.1. The molecule has 1 fully saturated rings. The lowest BCUT2D eigenvalue weighted by Gasteiger charge is -2.16. The molecule has 5 nitrogen and oxygen atoms in total. The molecule has 2 N–H and O–H groups in total.